The number of nitrogens with zero attached hydrogens (tertiary/aromatic N) is 2. The molecule has 0 fully saturated rings. The number of hydrogen-bond donors (Lipinski definition) is 0. The Hall–Kier alpha value is -2.40. The van der Waals surface area contributed by atoms with Gasteiger partial charge in [-0.15, -0.1) is 11.3 Å². The number of carbonyl (C=O) groups excluding carboxylic acids is 1. The minimum atomic E-state index is -0.0524. The van der Waals surface area contributed by atoms with Gasteiger partial charge in [-0.25, -0.2) is 4.98 Å². The van der Waals surface area contributed by atoms with Gasteiger partial charge in [-0.1, -0.05) is 30.3 Å². The molecule has 3 aromatic rings. The van der Waals surface area contributed by atoms with Crippen molar-refractivity contribution in [2.45, 2.75) is 26.3 Å². The van der Waals surface area contributed by atoms with Gasteiger partial charge < -0.3 is 9.64 Å². The van der Waals surface area contributed by atoms with E-state index in [1.54, 1.807) is 16.2 Å². The van der Waals surface area contributed by atoms with Crippen LogP contribution in [-0.4, -0.2) is 29.4 Å². The summed E-state index contributed by atoms with van der Waals surface area (Å²) in [6, 6.07) is 15.8. The summed E-state index contributed by atoms with van der Waals surface area (Å²) in [5.41, 5.74) is 2.06. The molecular weight excluding hydrogens is 332 g/mol. The van der Waals surface area contributed by atoms with E-state index in [0.717, 1.165) is 26.5 Å². The first-order chi connectivity index (χ1) is 12.1. The van der Waals surface area contributed by atoms with E-state index in [9.17, 15) is 4.79 Å². The highest BCUT2D eigenvalue weighted by Gasteiger charge is 2.20. The molecule has 25 heavy (non-hydrogen) atoms. The molecule has 5 heteroatoms. The van der Waals surface area contributed by atoms with Gasteiger partial charge in [-0.05, 0) is 37.6 Å². The van der Waals surface area contributed by atoms with Crippen molar-refractivity contribution in [2.24, 2.45) is 0 Å². The maximum atomic E-state index is 12.5. The van der Waals surface area contributed by atoms with Crippen molar-refractivity contribution < 1.29 is 9.53 Å². The lowest BCUT2D eigenvalue weighted by atomic mass is 10.2. The van der Waals surface area contributed by atoms with Crippen molar-refractivity contribution in [3.63, 3.8) is 0 Å². The van der Waals surface area contributed by atoms with Gasteiger partial charge in [0.15, 0.2) is 0 Å². The average molecular weight is 354 g/mol. The number of para-hydroxylation sites is 2. The van der Waals surface area contributed by atoms with Crippen LogP contribution in [0.25, 0.3) is 10.2 Å². The minimum Gasteiger partial charge on any atom is -0.493 e. The number of aryl methyl sites for hydroxylation is 1. The maximum absolute atomic E-state index is 12.5. The van der Waals surface area contributed by atoms with Crippen molar-refractivity contribution in [1.82, 2.24) is 9.88 Å². The number of aromatic nitrogens is 1. The summed E-state index contributed by atoms with van der Waals surface area (Å²) < 4.78 is 6.88. The van der Waals surface area contributed by atoms with Crippen LogP contribution in [0, 0.1) is 6.92 Å². The SMILES string of the molecule is Cc1ccccc1OCCC(=O)N(C)[C@@H](C)c1nc2ccccc2s1. The zero-order chi connectivity index (χ0) is 17.8. The molecular formula is C20H22N2O2S. The zero-order valence-corrected chi connectivity index (χ0v) is 15.5. The number of thiazole rings is 1. The van der Waals surface area contributed by atoms with Crippen LogP contribution < -0.4 is 4.74 Å². The molecule has 2 aromatic carbocycles. The van der Waals surface area contributed by atoms with E-state index in [2.05, 4.69) is 11.1 Å². The Morgan fingerprint density at radius 2 is 1.92 bits per heavy atom. The van der Waals surface area contributed by atoms with Gasteiger partial charge in [0, 0.05) is 7.05 Å². The van der Waals surface area contributed by atoms with Crippen LogP contribution in [-0.2, 0) is 4.79 Å². The summed E-state index contributed by atoms with van der Waals surface area (Å²) in [6.07, 6.45) is 0.347. The predicted molar refractivity (Wildman–Crippen MR) is 102 cm³/mol. The van der Waals surface area contributed by atoms with Gasteiger partial charge in [0.2, 0.25) is 5.91 Å². The molecule has 4 nitrogen and oxygen atoms in total. The molecule has 0 spiro atoms. The van der Waals surface area contributed by atoms with E-state index >= 15 is 0 Å². The van der Waals surface area contributed by atoms with E-state index in [1.165, 1.54) is 0 Å². The van der Waals surface area contributed by atoms with Crippen molar-refractivity contribution in [1.29, 1.82) is 0 Å². The number of amides is 1. The van der Waals surface area contributed by atoms with Crippen LogP contribution in [0.2, 0.25) is 0 Å². The van der Waals surface area contributed by atoms with E-state index in [1.807, 2.05) is 63.4 Å². The van der Waals surface area contributed by atoms with Gasteiger partial charge in [0.25, 0.3) is 0 Å². The summed E-state index contributed by atoms with van der Waals surface area (Å²) in [7, 11) is 1.83. The molecule has 130 valence electrons. The normalized spacial score (nSPS) is 12.1. The molecule has 0 saturated carbocycles. The third-order valence-corrected chi connectivity index (χ3v) is 5.52. The Kier molecular flexibility index (Phi) is 5.34. The molecule has 1 heterocycles. The van der Waals surface area contributed by atoms with Gasteiger partial charge in [0.05, 0.1) is 29.3 Å². The second-order valence-corrected chi connectivity index (χ2v) is 7.13. The molecule has 0 aliphatic heterocycles. The number of ether oxygens (including phenoxy) is 1. The summed E-state index contributed by atoms with van der Waals surface area (Å²) >= 11 is 1.64. The highest BCUT2D eigenvalue weighted by Crippen LogP contribution is 2.29. The van der Waals surface area contributed by atoms with Crippen LogP contribution in [0.15, 0.2) is 48.5 Å². The Bertz CT molecular complexity index is 842. The first kappa shape index (κ1) is 17.4. The Morgan fingerprint density at radius 1 is 1.20 bits per heavy atom. The second-order valence-electron chi connectivity index (χ2n) is 6.06. The zero-order valence-electron chi connectivity index (χ0n) is 14.7. The third kappa shape index (κ3) is 3.99. The van der Waals surface area contributed by atoms with Gasteiger partial charge >= 0.3 is 0 Å². The summed E-state index contributed by atoms with van der Waals surface area (Å²) in [5, 5.41) is 0.955. The fourth-order valence-corrected chi connectivity index (χ4v) is 3.66. The highest BCUT2D eigenvalue weighted by molar-refractivity contribution is 7.18. The Balaban J connectivity index is 1.58. The van der Waals surface area contributed by atoms with Crippen molar-refractivity contribution in [3.8, 4) is 5.75 Å². The maximum Gasteiger partial charge on any atom is 0.226 e. The first-order valence-corrected chi connectivity index (χ1v) is 9.17. The van der Waals surface area contributed by atoms with Crippen molar-refractivity contribution in [2.75, 3.05) is 13.7 Å². The molecule has 0 N–H and O–H groups in total. The summed E-state index contributed by atoms with van der Waals surface area (Å²) in [6.45, 7) is 4.39. The number of carbonyl (C=O) groups is 1. The van der Waals surface area contributed by atoms with Gasteiger partial charge in [-0.3, -0.25) is 4.79 Å². The molecule has 3 rings (SSSR count). The van der Waals surface area contributed by atoms with E-state index in [0.29, 0.717) is 13.0 Å². The number of hydrogen-bond acceptors (Lipinski definition) is 4. The molecule has 1 aromatic heterocycles. The van der Waals surface area contributed by atoms with Crippen LogP contribution >= 0.6 is 11.3 Å². The van der Waals surface area contributed by atoms with Crippen LogP contribution in [0.3, 0.4) is 0 Å². The lowest BCUT2D eigenvalue weighted by Gasteiger charge is -2.23. The summed E-state index contributed by atoms with van der Waals surface area (Å²) in [4.78, 5) is 18.9. The molecule has 0 unspecified atom stereocenters. The fourth-order valence-electron chi connectivity index (χ4n) is 2.59. The van der Waals surface area contributed by atoms with E-state index in [4.69, 9.17) is 4.74 Å². The number of rotatable bonds is 6. The van der Waals surface area contributed by atoms with Crippen molar-refractivity contribution in [3.05, 3.63) is 59.1 Å². The quantitative estimate of drug-likeness (QED) is 0.650. The van der Waals surface area contributed by atoms with Crippen LogP contribution in [0.4, 0.5) is 0 Å². The molecule has 1 atom stereocenters. The predicted octanol–water partition coefficient (Wildman–Crippen LogP) is 4.59. The highest BCUT2D eigenvalue weighted by atomic mass is 32.1. The number of benzene rings is 2. The fraction of sp³-hybridized carbons (Fsp3) is 0.300. The van der Waals surface area contributed by atoms with Crippen LogP contribution in [0.5, 0.6) is 5.75 Å². The largest absolute Gasteiger partial charge is 0.493 e. The topological polar surface area (TPSA) is 42.4 Å². The minimum absolute atomic E-state index is 0.0524. The lowest BCUT2D eigenvalue weighted by molar-refractivity contribution is -0.132. The molecule has 1 amide bonds. The Labute approximate surface area is 152 Å². The summed E-state index contributed by atoms with van der Waals surface area (Å²) in [5.74, 6) is 0.887. The van der Waals surface area contributed by atoms with Gasteiger partial charge in [0.1, 0.15) is 10.8 Å². The van der Waals surface area contributed by atoms with Crippen molar-refractivity contribution >= 4 is 27.5 Å². The molecule has 0 aliphatic carbocycles. The van der Waals surface area contributed by atoms with Crippen LogP contribution in [0.1, 0.15) is 30.0 Å². The van der Waals surface area contributed by atoms with Gasteiger partial charge in [-0.2, -0.15) is 0 Å². The molecule has 0 bridgehead atoms. The van der Waals surface area contributed by atoms with E-state index in [-0.39, 0.29) is 11.9 Å². The monoisotopic (exact) mass is 354 g/mol. The third-order valence-electron chi connectivity index (χ3n) is 4.31. The molecule has 0 aliphatic rings. The Morgan fingerprint density at radius 3 is 2.68 bits per heavy atom. The number of fused-ring (bicyclic) bond motifs is 1. The lowest BCUT2D eigenvalue weighted by Crippen LogP contribution is -2.30. The average Bonchev–Trinajstić information content (AvgIpc) is 3.06. The molecule has 0 radical (unpaired) electrons. The second kappa shape index (κ2) is 7.66. The van der Waals surface area contributed by atoms with E-state index < -0.39 is 0 Å². The first-order valence-electron chi connectivity index (χ1n) is 8.36. The molecule has 0 saturated heterocycles. The smallest absolute Gasteiger partial charge is 0.226 e. The standard InChI is InChI=1S/C20H22N2O2S/c1-14-8-4-6-10-17(14)24-13-12-19(23)22(3)15(2)20-21-16-9-5-7-11-18(16)25-20/h4-11,15H,12-13H2,1-3H3/t15-/m0/s1.